The normalized spacial score (nSPS) is 10.7. The highest BCUT2D eigenvalue weighted by atomic mass is 79.9. The first-order valence-electron chi connectivity index (χ1n) is 10.5. The Morgan fingerprint density at radius 3 is 2.51 bits per heavy atom. The van der Waals surface area contributed by atoms with Gasteiger partial charge in [0.2, 0.25) is 0 Å². The van der Waals surface area contributed by atoms with Gasteiger partial charge in [0, 0.05) is 22.8 Å². The van der Waals surface area contributed by atoms with Crippen molar-refractivity contribution >= 4 is 51.0 Å². The second-order valence-electron chi connectivity index (χ2n) is 7.13. The van der Waals surface area contributed by atoms with Gasteiger partial charge >= 0.3 is 0 Å². The summed E-state index contributed by atoms with van der Waals surface area (Å²) in [6, 6.07) is 16.6. The molecule has 0 atom stereocenters. The summed E-state index contributed by atoms with van der Waals surface area (Å²) < 4.78 is 12.2. The number of hydrogen-bond donors (Lipinski definition) is 2. The Labute approximate surface area is 215 Å². The second kappa shape index (κ2) is 12.7. The number of nitro benzene ring substituents is 1. The SMILES string of the molecule is CCOc1cc(/C=N\NC(=O)CNc2ccc(Cl)cc2)cc(Br)c1OCc1ccc([N+](=O)[O-])cc1. The molecule has 3 aromatic carbocycles. The quantitative estimate of drug-likeness (QED) is 0.180. The molecule has 0 radical (unpaired) electrons. The van der Waals surface area contributed by atoms with E-state index in [0.29, 0.717) is 33.2 Å². The fourth-order valence-electron chi connectivity index (χ4n) is 2.90. The first kappa shape index (κ1) is 26.0. The lowest BCUT2D eigenvalue weighted by molar-refractivity contribution is -0.384. The zero-order valence-electron chi connectivity index (χ0n) is 18.7. The lowest BCUT2D eigenvalue weighted by atomic mass is 10.2. The van der Waals surface area contributed by atoms with E-state index in [0.717, 1.165) is 11.3 Å². The smallest absolute Gasteiger partial charge is 0.269 e. The summed E-state index contributed by atoms with van der Waals surface area (Å²) in [5, 5.41) is 18.4. The van der Waals surface area contributed by atoms with Crippen molar-refractivity contribution in [1.29, 1.82) is 0 Å². The van der Waals surface area contributed by atoms with Crippen LogP contribution in [0, 0.1) is 10.1 Å². The molecule has 0 bridgehead atoms. The predicted octanol–water partition coefficient (Wildman–Crippen LogP) is 5.55. The van der Waals surface area contributed by atoms with Crippen molar-refractivity contribution in [3.05, 3.63) is 91.4 Å². The van der Waals surface area contributed by atoms with Crippen molar-refractivity contribution in [3.8, 4) is 11.5 Å². The second-order valence-corrected chi connectivity index (χ2v) is 8.42. The average Bonchev–Trinajstić information content (AvgIpc) is 2.83. The largest absolute Gasteiger partial charge is 0.490 e. The molecule has 0 aromatic heterocycles. The number of nitro groups is 1. The standard InChI is InChI=1S/C24H22BrClN4O5/c1-2-34-22-12-17(13-28-29-23(31)14-27-19-7-5-18(26)6-8-19)11-21(25)24(22)35-15-16-3-9-20(10-4-16)30(32)33/h3-13,27H,2,14-15H2,1H3,(H,29,31)/b28-13-. The Bertz CT molecular complexity index is 1200. The summed E-state index contributed by atoms with van der Waals surface area (Å²) in [4.78, 5) is 22.4. The van der Waals surface area contributed by atoms with Gasteiger partial charge in [-0.2, -0.15) is 5.10 Å². The van der Waals surface area contributed by atoms with Gasteiger partial charge in [-0.15, -0.1) is 0 Å². The molecule has 0 saturated carbocycles. The van der Waals surface area contributed by atoms with Crippen molar-refractivity contribution in [2.75, 3.05) is 18.5 Å². The van der Waals surface area contributed by atoms with Crippen molar-refractivity contribution < 1.29 is 19.2 Å². The lowest BCUT2D eigenvalue weighted by Gasteiger charge is -2.14. The summed E-state index contributed by atoms with van der Waals surface area (Å²) in [6.45, 7) is 2.50. The number of carbonyl (C=O) groups excluding carboxylic acids is 1. The van der Waals surface area contributed by atoms with Crippen LogP contribution >= 0.6 is 27.5 Å². The minimum atomic E-state index is -0.451. The maximum Gasteiger partial charge on any atom is 0.269 e. The number of rotatable bonds is 11. The van der Waals surface area contributed by atoms with E-state index in [1.54, 1.807) is 48.5 Å². The molecule has 182 valence electrons. The van der Waals surface area contributed by atoms with Crippen LogP contribution in [0.5, 0.6) is 11.5 Å². The summed E-state index contributed by atoms with van der Waals surface area (Å²) in [6.07, 6.45) is 1.49. The molecule has 0 fully saturated rings. The number of hydrogen-bond acceptors (Lipinski definition) is 7. The lowest BCUT2D eigenvalue weighted by Crippen LogP contribution is -2.25. The number of amides is 1. The van der Waals surface area contributed by atoms with E-state index < -0.39 is 4.92 Å². The number of hydrazone groups is 1. The highest BCUT2D eigenvalue weighted by Crippen LogP contribution is 2.37. The van der Waals surface area contributed by atoms with E-state index in [9.17, 15) is 14.9 Å². The van der Waals surface area contributed by atoms with Crippen LogP contribution in [0.2, 0.25) is 5.02 Å². The summed E-state index contributed by atoms with van der Waals surface area (Å²) in [5.74, 6) is 0.655. The minimum Gasteiger partial charge on any atom is -0.490 e. The van der Waals surface area contributed by atoms with Gasteiger partial charge in [-0.05, 0) is 82.5 Å². The minimum absolute atomic E-state index is 0.0152. The molecule has 0 aliphatic heterocycles. The van der Waals surface area contributed by atoms with Gasteiger partial charge in [0.05, 0.1) is 28.8 Å². The third-order valence-electron chi connectivity index (χ3n) is 4.56. The molecule has 0 unspecified atom stereocenters. The maximum atomic E-state index is 12.0. The Balaban J connectivity index is 1.60. The fraction of sp³-hybridized carbons (Fsp3) is 0.167. The number of carbonyl (C=O) groups is 1. The van der Waals surface area contributed by atoms with E-state index in [1.807, 2.05) is 6.92 Å². The molecule has 0 aliphatic carbocycles. The Hall–Kier alpha value is -3.63. The fourth-order valence-corrected chi connectivity index (χ4v) is 3.60. The summed E-state index contributed by atoms with van der Waals surface area (Å²) in [5.41, 5.74) is 4.69. The number of ether oxygens (including phenoxy) is 2. The van der Waals surface area contributed by atoms with Crippen molar-refractivity contribution in [1.82, 2.24) is 5.43 Å². The topological polar surface area (TPSA) is 115 Å². The number of nitrogens with one attached hydrogen (secondary N) is 2. The van der Waals surface area contributed by atoms with Crippen molar-refractivity contribution in [2.45, 2.75) is 13.5 Å². The zero-order valence-corrected chi connectivity index (χ0v) is 21.0. The van der Waals surface area contributed by atoms with E-state index in [4.69, 9.17) is 21.1 Å². The summed E-state index contributed by atoms with van der Waals surface area (Å²) in [7, 11) is 0. The van der Waals surface area contributed by atoms with E-state index in [2.05, 4.69) is 31.8 Å². The molecule has 0 heterocycles. The van der Waals surface area contributed by atoms with Crippen molar-refractivity contribution in [2.24, 2.45) is 5.10 Å². The van der Waals surface area contributed by atoms with Gasteiger partial charge < -0.3 is 14.8 Å². The maximum absolute atomic E-state index is 12.0. The van der Waals surface area contributed by atoms with Crippen LogP contribution in [0.1, 0.15) is 18.1 Å². The van der Waals surface area contributed by atoms with Crippen LogP contribution in [-0.2, 0) is 11.4 Å². The van der Waals surface area contributed by atoms with E-state index in [-0.39, 0.29) is 24.7 Å². The molecule has 9 nitrogen and oxygen atoms in total. The third kappa shape index (κ3) is 7.97. The molecule has 3 aromatic rings. The average molecular weight is 562 g/mol. The van der Waals surface area contributed by atoms with Crippen LogP contribution in [0.15, 0.2) is 70.2 Å². The Kier molecular flexibility index (Phi) is 9.45. The van der Waals surface area contributed by atoms with Crippen LogP contribution in [-0.4, -0.2) is 30.2 Å². The highest BCUT2D eigenvalue weighted by molar-refractivity contribution is 9.10. The van der Waals surface area contributed by atoms with Gasteiger partial charge in [0.25, 0.3) is 11.6 Å². The summed E-state index contributed by atoms with van der Waals surface area (Å²) >= 11 is 9.33. The van der Waals surface area contributed by atoms with E-state index >= 15 is 0 Å². The molecule has 35 heavy (non-hydrogen) atoms. The Morgan fingerprint density at radius 1 is 1.14 bits per heavy atom. The number of benzene rings is 3. The van der Waals surface area contributed by atoms with Crippen LogP contribution in [0.3, 0.4) is 0 Å². The number of non-ortho nitro benzene ring substituents is 1. The molecular weight excluding hydrogens is 540 g/mol. The van der Waals surface area contributed by atoms with Gasteiger partial charge in [-0.25, -0.2) is 5.43 Å². The van der Waals surface area contributed by atoms with Gasteiger partial charge in [-0.3, -0.25) is 14.9 Å². The molecule has 0 saturated heterocycles. The molecule has 2 N–H and O–H groups in total. The number of halogens is 2. The van der Waals surface area contributed by atoms with Gasteiger partial charge in [-0.1, -0.05) is 11.6 Å². The zero-order chi connectivity index (χ0) is 25.2. The first-order valence-corrected chi connectivity index (χ1v) is 11.7. The number of anilines is 1. The molecule has 3 rings (SSSR count). The van der Waals surface area contributed by atoms with Crippen molar-refractivity contribution in [3.63, 3.8) is 0 Å². The first-order chi connectivity index (χ1) is 16.9. The van der Waals surface area contributed by atoms with E-state index in [1.165, 1.54) is 18.3 Å². The predicted molar refractivity (Wildman–Crippen MR) is 138 cm³/mol. The Morgan fingerprint density at radius 2 is 1.86 bits per heavy atom. The molecule has 1 amide bonds. The van der Waals surface area contributed by atoms with Crippen LogP contribution in [0.4, 0.5) is 11.4 Å². The van der Waals surface area contributed by atoms with Crippen LogP contribution < -0.4 is 20.2 Å². The molecule has 0 aliphatic rings. The van der Waals surface area contributed by atoms with Crippen LogP contribution in [0.25, 0.3) is 0 Å². The van der Waals surface area contributed by atoms with Gasteiger partial charge in [0.1, 0.15) is 6.61 Å². The molecule has 0 spiro atoms. The van der Waals surface area contributed by atoms with Gasteiger partial charge in [0.15, 0.2) is 11.5 Å². The molecular formula is C24H22BrClN4O5. The molecule has 11 heteroatoms. The third-order valence-corrected chi connectivity index (χ3v) is 5.40. The number of nitrogens with zero attached hydrogens (tertiary/aromatic N) is 2. The highest BCUT2D eigenvalue weighted by Gasteiger charge is 2.13. The monoisotopic (exact) mass is 560 g/mol.